The molecule has 1 aromatic rings. The Morgan fingerprint density at radius 2 is 2.00 bits per heavy atom. The van der Waals surface area contributed by atoms with Crippen LogP contribution in [0.1, 0.15) is 18.6 Å². The van der Waals surface area contributed by atoms with Crippen LogP contribution in [0.25, 0.3) is 0 Å². The van der Waals surface area contributed by atoms with E-state index in [9.17, 15) is 18.3 Å². The number of benzene rings is 1. The summed E-state index contributed by atoms with van der Waals surface area (Å²) in [4.78, 5) is 0. The molecule has 0 bridgehead atoms. The molecule has 1 rings (SSSR count). The van der Waals surface area contributed by atoms with Gasteiger partial charge in [0.25, 0.3) is 0 Å². The van der Waals surface area contributed by atoms with Gasteiger partial charge in [-0.15, -0.1) is 0 Å². The summed E-state index contributed by atoms with van der Waals surface area (Å²) in [6.45, 7) is 0.478. The minimum atomic E-state index is -4.42. The van der Waals surface area contributed by atoms with E-state index in [1.165, 1.54) is 7.11 Å². The zero-order valence-corrected chi connectivity index (χ0v) is 10.1. The van der Waals surface area contributed by atoms with Crippen LogP contribution in [-0.4, -0.2) is 31.1 Å². The van der Waals surface area contributed by atoms with Crippen molar-refractivity contribution in [3.63, 3.8) is 0 Å². The molecule has 102 valence electrons. The van der Waals surface area contributed by atoms with Crippen LogP contribution < -0.4 is 4.74 Å². The lowest BCUT2D eigenvalue weighted by Crippen LogP contribution is -2.30. The molecule has 0 fully saturated rings. The van der Waals surface area contributed by atoms with Gasteiger partial charge >= 0.3 is 6.18 Å². The zero-order chi connectivity index (χ0) is 13.8. The van der Waals surface area contributed by atoms with Gasteiger partial charge in [0, 0.05) is 0 Å². The smallest absolute Gasteiger partial charge is 0.414 e. The van der Waals surface area contributed by atoms with Crippen LogP contribution in [-0.2, 0) is 4.74 Å². The third-order valence-corrected chi connectivity index (χ3v) is 2.44. The van der Waals surface area contributed by atoms with Gasteiger partial charge in [0.1, 0.15) is 11.9 Å². The summed E-state index contributed by atoms with van der Waals surface area (Å²) >= 11 is 0. The first-order valence-corrected chi connectivity index (χ1v) is 5.35. The normalized spacial score (nSPS) is 15.2. The zero-order valence-electron chi connectivity index (χ0n) is 10.1. The van der Waals surface area contributed by atoms with E-state index in [2.05, 4.69) is 4.74 Å². The van der Waals surface area contributed by atoms with Crippen LogP contribution >= 0.6 is 0 Å². The minimum Gasteiger partial charge on any atom is -0.497 e. The van der Waals surface area contributed by atoms with E-state index in [0.717, 1.165) is 6.92 Å². The molecule has 3 nitrogen and oxygen atoms in total. The van der Waals surface area contributed by atoms with Crippen molar-refractivity contribution >= 4 is 0 Å². The van der Waals surface area contributed by atoms with Gasteiger partial charge in [-0.25, -0.2) is 0 Å². The van der Waals surface area contributed by atoms with Gasteiger partial charge in [-0.1, -0.05) is 12.1 Å². The van der Waals surface area contributed by atoms with E-state index in [1.54, 1.807) is 24.3 Å². The van der Waals surface area contributed by atoms with Crippen molar-refractivity contribution in [1.29, 1.82) is 0 Å². The second-order valence-corrected chi connectivity index (χ2v) is 3.81. The summed E-state index contributed by atoms with van der Waals surface area (Å²) in [6.07, 6.45) is -7.45. The van der Waals surface area contributed by atoms with Crippen LogP contribution in [0.4, 0.5) is 13.2 Å². The van der Waals surface area contributed by atoms with E-state index in [0.29, 0.717) is 11.3 Å². The minimum absolute atomic E-state index is 0.423. The van der Waals surface area contributed by atoms with E-state index in [-0.39, 0.29) is 0 Å². The number of methoxy groups -OCH3 is 1. The predicted octanol–water partition coefficient (Wildman–Crippen LogP) is 2.70. The molecule has 18 heavy (non-hydrogen) atoms. The molecule has 2 unspecified atom stereocenters. The summed E-state index contributed by atoms with van der Waals surface area (Å²) in [5.74, 6) is 0.524. The topological polar surface area (TPSA) is 38.7 Å². The van der Waals surface area contributed by atoms with Crippen LogP contribution in [0.15, 0.2) is 24.3 Å². The number of halogens is 3. The number of ether oxygens (including phenoxy) is 2. The lowest BCUT2D eigenvalue weighted by Gasteiger charge is -2.19. The highest BCUT2D eigenvalue weighted by Gasteiger charge is 2.37. The van der Waals surface area contributed by atoms with Crippen molar-refractivity contribution in [2.75, 3.05) is 13.7 Å². The second-order valence-electron chi connectivity index (χ2n) is 3.81. The molecule has 0 saturated heterocycles. The number of aliphatic hydroxyl groups excluding tert-OH is 1. The van der Waals surface area contributed by atoms with Crippen molar-refractivity contribution in [3.8, 4) is 5.75 Å². The highest BCUT2D eigenvalue weighted by Crippen LogP contribution is 2.24. The van der Waals surface area contributed by atoms with Gasteiger partial charge < -0.3 is 14.6 Å². The van der Waals surface area contributed by atoms with Crippen molar-refractivity contribution in [3.05, 3.63) is 29.8 Å². The number of hydrogen-bond donors (Lipinski definition) is 1. The third-order valence-electron chi connectivity index (χ3n) is 2.44. The average molecular weight is 264 g/mol. The number of rotatable bonds is 5. The van der Waals surface area contributed by atoms with Crippen LogP contribution in [0.3, 0.4) is 0 Å². The Labute approximate surface area is 103 Å². The molecule has 6 heteroatoms. The fraction of sp³-hybridized carbons (Fsp3) is 0.500. The maximum Gasteiger partial charge on any atom is 0.414 e. The van der Waals surface area contributed by atoms with E-state index in [4.69, 9.17) is 4.74 Å². The van der Waals surface area contributed by atoms with E-state index in [1.807, 2.05) is 0 Å². The van der Waals surface area contributed by atoms with Gasteiger partial charge in [-0.3, -0.25) is 0 Å². The molecule has 1 N–H and O–H groups in total. The molecule has 2 atom stereocenters. The van der Waals surface area contributed by atoms with Gasteiger partial charge in [0.2, 0.25) is 0 Å². The third kappa shape index (κ3) is 4.19. The van der Waals surface area contributed by atoms with Crippen LogP contribution in [0.2, 0.25) is 0 Å². The Morgan fingerprint density at radius 3 is 2.56 bits per heavy atom. The van der Waals surface area contributed by atoms with E-state index >= 15 is 0 Å². The number of alkyl halides is 3. The summed E-state index contributed by atoms with van der Waals surface area (Å²) in [5.41, 5.74) is 0.448. The highest BCUT2D eigenvalue weighted by atomic mass is 19.4. The monoisotopic (exact) mass is 264 g/mol. The Hall–Kier alpha value is -1.27. The average Bonchev–Trinajstić information content (AvgIpc) is 2.34. The molecular weight excluding hydrogens is 249 g/mol. The standard InChI is InChI=1S/C12H15F3O3/c1-8(12(13,14)15)18-7-11(16)9-4-3-5-10(6-9)17-2/h3-6,8,11,16H,7H2,1-2H3. The first kappa shape index (κ1) is 14.8. The Kier molecular flexibility index (Phi) is 4.98. The predicted molar refractivity (Wildman–Crippen MR) is 59.4 cm³/mol. The van der Waals surface area contributed by atoms with Gasteiger partial charge in [-0.05, 0) is 24.6 Å². The molecule has 0 aromatic heterocycles. The van der Waals surface area contributed by atoms with Crippen LogP contribution in [0.5, 0.6) is 5.75 Å². The molecule has 0 aliphatic rings. The first-order valence-electron chi connectivity index (χ1n) is 5.35. The molecule has 0 spiro atoms. The quantitative estimate of drug-likeness (QED) is 0.888. The largest absolute Gasteiger partial charge is 0.497 e. The molecule has 0 aliphatic carbocycles. The van der Waals surface area contributed by atoms with Gasteiger partial charge in [-0.2, -0.15) is 13.2 Å². The molecule has 0 radical (unpaired) electrons. The summed E-state index contributed by atoms with van der Waals surface area (Å²) in [7, 11) is 1.47. The maximum atomic E-state index is 12.2. The number of aliphatic hydroxyl groups is 1. The maximum absolute atomic E-state index is 12.2. The van der Waals surface area contributed by atoms with Crippen molar-refractivity contribution in [2.24, 2.45) is 0 Å². The summed E-state index contributed by atoms with van der Waals surface area (Å²) < 4.78 is 46.1. The molecule has 0 aliphatic heterocycles. The Bertz CT molecular complexity index is 379. The summed E-state index contributed by atoms with van der Waals surface area (Å²) in [6, 6.07) is 6.46. The lowest BCUT2D eigenvalue weighted by molar-refractivity contribution is -0.219. The SMILES string of the molecule is COc1cccc(C(O)COC(C)C(F)(F)F)c1. The fourth-order valence-electron chi connectivity index (χ4n) is 1.27. The number of hydrogen-bond acceptors (Lipinski definition) is 3. The Balaban J connectivity index is 2.57. The first-order chi connectivity index (χ1) is 8.34. The van der Waals surface area contributed by atoms with Gasteiger partial charge in [0.15, 0.2) is 6.10 Å². The lowest BCUT2D eigenvalue weighted by atomic mass is 10.1. The van der Waals surface area contributed by atoms with Crippen molar-refractivity contribution in [1.82, 2.24) is 0 Å². The van der Waals surface area contributed by atoms with Crippen molar-refractivity contribution in [2.45, 2.75) is 25.3 Å². The molecule has 0 saturated carbocycles. The van der Waals surface area contributed by atoms with Crippen molar-refractivity contribution < 1.29 is 27.8 Å². The molecular formula is C12H15F3O3. The Morgan fingerprint density at radius 1 is 1.33 bits per heavy atom. The van der Waals surface area contributed by atoms with Gasteiger partial charge in [0.05, 0.1) is 13.7 Å². The molecule has 1 aromatic carbocycles. The van der Waals surface area contributed by atoms with E-state index < -0.39 is 25.0 Å². The molecule has 0 amide bonds. The second kappa shape index (κ2) is 6.06. The fourth-order valence-corrected chi connectivity index (χ4v) is 1.27. The van der Waals surface area contributed by atoms with Crippen LogP contribution in [0, 0.1) is 0 Å². The molecule has 0 heterocycles. The summed E-state index contributed by atoms with van der Waals surface area (Å²) in [5, 5.41) is 9.71. The highest BCUT2D eigenvalue weighted by molar-refractivity contribution is 5.29.